The number of carbonyl (C=O) groups is 1. The van der Waals surface area contributed by atoms with Gasteiger partial charge in [0.2, 0.25) is 0 Å². The summed E-state index contributed by atoms with van der Waals surface area (Å²) in [6, 6.07) is 3.44. The number of nitrogens with one attached hydrogen (secondary N) is 1. The van der Waals surface area contributed by atoms with Crippen LogP contribution in [0.15, 0.2) is 35.2 Å². The van der Waals surface area contributed by atoms with Gasteiger partial charge >= 0.3 is 6.03 Å². The van der Waals surface area contributed by atoms with Crippen LogP contribution in [-0.2, 0) is 0 Å². The lowest BCUT2D eigenvalue weighted by Gasteiger charge is -1.95. The van der Waals surface area contributed by atoms with Crippen LogP contribution in [0.4, 0.5) is 4.79 Å². The number of amides is 2. The number of nitrogens with zero attached hydrogens (tertiary/aromatic N) is 1. The Labute approximate surface area is 94.5 Å². The fourth-order valence-corrected chi connectivity index (χ4v) is 1.50. The maximum absolute atomic E-state index is 10.9. The highest BCUT2D eigenvalue weighted by Crippen LogP contribution is 2.10. The van der Waals surface area contributed by atoms with Gasteiger partial charge in [0.25, 0.3) is 0 Å². The summed E-state index contributed by atoms with van der Waals surface area (Å²) >= 11 is 1.53. The van der Waals surface area contributed by atoms with Gasteiger partial charge in [0.05, 0.1) is 10.6 Å². The van der Waals surface area contributed by atoms with Gasteiger partial charge in [-0.3, -0.25) is 0 Å². The molecule has 0 aliphatic heterocycles. The average Bonchev–Trinajstić information content (AvgIpc) is 2.81. The van der Waals surface area contributed by atoms with Crippen LogP contribution in [0, 0.1) is 0 Å². The second-order valence-electron chi connectivity index (χ2n) is 2.23. The molecule has 0 radical (unpaired) electrons. The second-order valence-corrected chi connectivity index (χ2v) is 3.18. The molecule has 0 fully saturated rings. The Morgan fingerprint density at radius 2 is 2.27 bits per heavy atom. The molecule has 1 aromatic rings. The molecule has 0 bridgehead atoms. The molecule has 0 aliphatic rings. The summed E-state index contributed by atoms with van der Waals surface area (Å²) in [5.41, 5.74) is 0.606. The molecule has 4 heteroatoms. The molecule has 0 atom stereocenters. The highest BCUT2D eigenvalue weighted by Gasteiger charge is 2.01. The molecule has 3 nitrogen and oxygen atoms in total. The smallest absolute Gasteiger partial charge is 0.339 e. The quantitative estimate of drug-likeness (QED) is 0.771. The Balaban J connectivity index is 0.000000921. The minimum Gasteiger partial charge on any atom is -0.339 e. The zero-order valence-electron chi connectivity index (χ0n) is 9.28. The highest BCUT2D eigenvalue weighted by atomic mass is 32.1. The summed E-state index contributed by atoms with van der Waals surface area (Å²) in [5.74, 6) is 0. The Hall–Kier alpha value is -1.42. The van der Waals surface area contributed by atoms with Crippen LogP contribution in [0.5, 0.6) is 0 Å². The van der Waals surface area contributed by atoms with E-state index in [1.54, 1.807) is 13.1 Å². The van der Waals surface area contributed by atoms with Crippen molar-refractivity contribution in [3.8, 4) is 0 Å². The van der Waals surface area contributed by atoms with Gasteiger partial charge in [-0.25, -0.2) is 4.79 Å². The van der Waals surface area contributed by atoms with E-state index in [4.69, 9.17) is 0 Å². The third-order valence-electron chi connectivity index (χ3n) is 1.40. The third kappa shape index (κ3) is 4.56. The number of hydrogen-bond donors (Lipinski definition) is 1. The van der Waals surface area contributed by atoms with Gasteiger partial charge in [0.15, 0.2) is 0 Å². The largest absolute Gasteiger partial charge is 0.341 e. The first-order valence-electron chi connectivity index (χ1n) is 4.74. The van der Waals surface area contributed by atoms with E-state index in [-0.39, 0.29) is 6.03 Å². The summed E-state index contributed by atoms with van der Waals surface area (Å²) in [6.45, 7) is 7.60. The summed E-state index contributed by atoms with van der Waals surface area (Å²) < 4.78 is 0. The van der Waals surface area contributed by atoms with Crippen molar-refractivity contribution in [1.29, 1.82) is 0 Å². The van der Waals surface area contributed by atoms with E-state index >= 15 is 0 Å². The van der Waals surface area contributed by atoms with Gasteiger partial charge in [-0.2, -0.15) is 4.99 Å². The molecular weight excluding hydrogens is 208 g/mol. The van der Waals surface area contributed by atoms with Crippen LogP contribution >= 0.6 is 11.3 Å². The molecule has 0 aliphatic carbocycles. The summed E-state index contributed by atoms with van der Waals surface area (Å²) in [5, 5.41) is 4.35. The normalized spacial score (nSPS) is 9.93. The maximum atomic E-state index is 10.9. The highest BCUT2D eigenvalue weighted by molar-refractivity contribution is 7.12. The van der Waals surface area contributed by atoms with Crippen LogP contribution in [-0.4, -0.2) is 18.8 Å². The van der Waals surface area contributed by atoms with Crippen molar-refractivity contribution in [2.24, 2.45) is 4.99 Å². The van der Waals surface area contributed by atoms with E-state index < -0.39 is 0 Å². The van der Waals surface area contributed by atoms with Crippen LogP contribution < -0.4 is 5.32 Å². The predicted octanol–water partition coefficient (Wildman–Crippen LogP) is 3.09. The fourth-order valence-electron chi connectivity index (χ4n) is 0.791. The van der Waals surface area contributed by atoms with Crippen LogP contribution in [0.25, 0.3) is 0 Å². The zero-order valence-corrected chi connectivity index (χ0v) is 10.1. The van der Waals surface area contributed by atoms with Crippen molar-refractivity contribution >= 4 is 23.1 Å². The topological polar surface area (TPSA) is 41.5 Å². The van der Waals surface area contributed by atoms with Crippen molar-refractivity contribution in [1.82, 2.24) is 5.32 Å². The Bertz CT molecular complexity index is 328. The minimum atomic E-state index is -0.358. The first-order chi connectivity index (χ1) is 7.27. The Kier molecular flexibility index (Phi) is 7.18. The lowest BCUT2D eigenvalue weighted by molar-refractivity contribution is 0.251. The summed E-state index contributed by atoms with van der Waals surface area (Å²) in [6.07, 6.45) is 1.57. The Morgan fingerprint density at radius 1 is 1.60 bits per heavy atom. The number of allylic oxidation sites excluding steroid dienone is 1. The lowest BCUT2D eigenvalue weighted by Crippen LogP contribution is -2.14. The van der Waals surface area contributed by atoms with E-state index in [2.05, 4.69) is 16.9 Å². The van der Waals surface area contributed by atoms with Crippen molar-refractivity contribution in [2.75, 3.05) is 7.05 Å². The molecular formula is C11H16N2OS. The van der Waals surface area contributed by atoms with Crippen LogP contribution in [0.2, 0.25) is 0 Å². The molecule has 1 rings (SSSR count). The summed E-state index contributed by atoms with van der Waals surface area (Å²) in [4.78, 5) is 15.7. The van der Waals surface area contributed by atoms with Crippen molar-refractivity contribution in [3.63, 3.8) is 0 Å². The van der Waals surface area contributed by atoms with Crippen molar-refractivity contribution in [2.45, 2.75) is 13.8 Å². The first-order valence-corrected chi connectivity index (χ1v) is 5.62. The van der Waals surface area contributed by atoms with Gasteiger partial charge in [-0.1, -0.05) is 26.5 Å². The number of carbonyl (C=O) groups excluding carboxylic acids is 1. The van der Waals surface area contributed by atoms with E-state index in [0.717, 1.165) is 4.88 Å². The number of hydrogen-bond acceptors (Lipinski definition) is 2. The minimum absolute atomic E-state index is 0.358. The molecule has 15 heavy (non-hydrogen) atoms. The first kappa shape index (κ1) is 13.6. The van der Waals surface area contributed by atoms with E-state index in [9.17, 15) is 4.79 Å². The number of urea groups is 1. The third-order valence-corrected chi connectivity index (χ3v) is 2.30. The van der Waals surface area contributed by atoms with Crippen molar-refractivity contribution in [3.05, 3.63) is 35.0 Å². The molecule has 0 saturated carbocycles. The predicted molar refractivity (Wildman–Crippen MR) is 66.9 cm³/mol. The number of aliphatic imine (C=N–C) groups is 1. The molecule has 0 saturated heterocycles. The van der Waals surface area contributed by atoms with E-state index in [0.29, 0.717) is 5.71 Å². The molecule has 1 aromatic heterocycles. The van der Waals surface area contributed by atoms with Gasteiger partial charge in [-0.15, -0.1) is 11.3 Å². The maximum Gasteiger partial charge on any atom is 0.341 e. The number of rotatable bonds is 2. The zero-order chi connectivity index (χ0) is 11.7. The van der Waals surface area contributed by atoms with Gasteiger partial charge in [0, 0.05) is 7.05 Å². The SMILES string of the molecule is C=C/C(=N\C(=O)NC)c1cccs1.CC. The summed E-state index contributed by atoms with van der Waals surface area (Å²) in [7, 11) is 1.54. The van der Waals surface area contributed by atoms with Crippen LogP contribution in [0.1, 0.15) is 18.7 Å². The molecule has 0 unspecified atom stereocenters. The molecule has 1 heterocycles. The van der Waals surface area contributed by atoms with Gasteiger partial charge in [-0.05, 0) is 17.5 Å². The molecule has 0 spiro atoms. The standard InChI is InChI=1S/C9H10N2OS.C2H6/c1-3-7(11-9(12)10-2)8-5-4-6-13-8;1-2/h3-6H,1H2,2H3,(H,10,12);1-2H3/b11-7+;. The van der Waals surface area contributed by atoms with E-state index in [1.165, 1.54) is 11.3 Å². The lowest BCUT2D eigenvalue weighted by atomic mass is 10.3. The van der Waals surface area contributed by atoms with Crippen LogP contribution in [0.3, 0.4) is 0 Å². The van der Waals surface area contributed by atoms with Gasteiger partial charge < -0.3 is 5.32 Å². The number of thiophene rings is 1. The fraction of sp³-hybridized carbons (Fsp3) is 0.273. The Morgan fingerprint density at radius 3 is 2.67 bits per heavy atom. The average molecular weight is 224 g/mol. The monoisotopic (exact) mass is 224 g/mol. The van der Waals surface area contributed by atoms with Crippen molar-refractivity contribution < 1.29 is 4.79 Å². The molecule has 2 amide bonds. The van der Waals surface area contributed by atoms with Gasteiger partial charge in [0.1, 0.15) is 0 Å². The molecule has 0 aromatic carbocycles. The van der Waals surface area contributed by atoms with E-state index in [1.807, 2.05) is 31.4 Å². The second kappa shape index (κ2) is 7.94. The molecule has 82 valence electrons. The molecule has 1 N–H and O–H groups in total.